The molecular weight excluding hydrogens is 524 g/mol. The Hall–Kier alpha value is -3.62. The number of aryl methyl sites for hydroxylation is 2. The van der Waals surface area contributed by atoms with Gasteiger partial charge in [-0.15, -0.1) is 0 Å². The van der Waals surface area contributed by atoms with Crippen molar-refractivity contribution in [1.82, 2.24) is 15.5 Å². The Morgan fingerprint density at radius 2 is 1.59 bits per heavy atom. The lowest BCUT2D eigenvalue weighted by atomic mass is 9.97. The Labute approximate surface area is 241 Å². The summed E-state index contributed by atoms with van der Waals surface area (Å²) in [5, 5.41) is 17.5. The maximum Gasteiger partial charge on any atom is 0.254 e. The van der Waals surface area contributed by atoms with E-state index in [4.69, 9.17) is 0 Å². The first-order valence-corrected chi connectivity index (χ1v) is 14.2. The highest BCUT2D eigenvalue weighted by Crippen LogP contribution is 2.21. The number of hydrogen-bond donors (Lipinski definition) is 3. The third-order valence-electron chi connectivity index (χ3n) is 6.82. The van der Waals surface area contributed by atoms with E-state index in [2.05, 4.69) is 10.6 Å². The van der Waals surface area contributed by atoms with E-state index >= 15 is 0 Å². The molecule has 0 aliphatic carbocycles. The normalized spacial score (nSPS) is 12.6. The molecule has 2 atom stereocenters. The summed E-state index contributed by atoms with van der Waals surface area (Å²) in [6, 6.07) is 15.5. The van der Waals surface area contributed by atoms with Gasteiger partial charge in [-0.2, -0.15) is 0 Å². The van der Waals surface area contributed by atoms with Gasteiger partial charge in [0.25, 0.3) is 11.8 Å². The molecule has 3 aromatic carbocycles. The minimum atomic E-state index is -1.04. The molecule has 0 fully saturated rings. The molecular formula is C33H41F2N3O3. The molecule has 0 radical (unpaired) electrons. The molecule has 3 aromatic rings. The molecule has 220 valence electrons. The zero-order valence-electron chi connectivity index (χ0n) is 24.3. The smallest absolute Gasteiger partial charge is 0.254 e. The number of halogens is 2. The zero-order valence-corrected chi connectivity index (χ0v) is 24.3. The molecule has 3 rings (SSSR count). The summed E-state index contributed by atoms with van der Waals surface area (Å²) in [4.78, 5) is 28.2. The van der Waals surface area contributed by atoms with E-state index in [-0.39, 0.29) is 24.8 Å². The molecule has 0 aliphatic rings. The Kier molecular flexibility index (Phi) is 12.0. The van der Waals surface area contributed by atoms with Gasteiger partial charge in [-0.3, -0.25) is 9.59 Å². The number of benzene rings is 3. The number of nitrogens with zero attached hydrogens (tertiary/aromatic N) is 1. The fraction of sp³-hybridized carbons (Fsp3) is 0.394. The number of amides is 2. The molecule has 6 nitrogen and oxygen atoms in total. The molecule has 0 spiro atoms. The van der Waals surface area contributed by atoms with Crippen molar-refractivity contribution in [2.75, 3.05) is 19.6 Å². The molecule has 0 unspecified atom stereocenters. The van der Waals surface area contributed by atoms with Crippen molar-refractivity contribution in [1.29, 1.82) is 0 Å². The van der Waals surface area contributed by atoms with E-state index in [1.807, 2.05) is 52.0 Å². The van der Waals surface area contributed by atoms with E-state index < -0.39 is 23.8 Å². The van der Waals surface area contributed by atoms with E-state index in [1.54, 1.807) is 23.1 Å². The second-order valence-electron chi connectivity index (χ2n) is 10.6. The lowest BCUT2D eigenvalue weighted by Gasteiger charge is -2.35. The van der Waals surface area contributed by atoms with Crippen LogP contribution in [0.25, 0.3) is 0 Å². The van der Waals surface area contributed by atoms with Crippen LogP contribution in [0.3, 0.4) is 0 Å². The number of hydrogen-bond acceptors (Lipinski definition) is 4. The van der Waals surface area contributed by atoms with Crippen molar-refractivity contribution >= 4 is 11.8 Å². The van der Waals surface area contributed by atoms with Crippen molar-refractivity contribution in [2.24, 2.45) is 0 Å². The number of carbonyl (C=O) groups is 2. The predicted molar refractivity (Wildman–Crippen MR) is 158 cm³/mol. The molecule has 0 heterocycles. The van der Waals surface area contributed by atoms with Crippen molar-refractivity contribution < 1.29 is 23.5 Å². The number of aliphatic hydroxyl groups excluding tert-OH is 1. The highest BCUT2D eigenvalue weighted by Gasteiger charge is 2.31. The van der Waals surface area contributed by atoms with Gasteiger partial charge >= 0.3 is 0 Å². The molecule has 0 bridgehead atoms. The first-order valence-electron chi connectivity index (χ1n) is 14.2. The van der Waals surface area contributed by atoms with E-state index in [0.717, 1.165) is 29.2 Å². The third-order valence-corrected chi connectivity index (χ3v) is 6.82. The summed E-state index contributed by atoms with van der Waals surface area (Å²) in [5.74, 6) is -2.07. The fourth-order valence-corrected chi connectivity index (χ4v) is 4.95. The van der Waals surface area contributed by atoms with Gasteiger partial charge < -0.3 is 20.6 Å². The number of nitrogens with one attached hydrogen (secondary N) is 2. The third kappa shape index (κ3) is 9.47. The average Bonchev–Trinajstić information content (AvgIpc) is 2.92. The lowest BCUT2D eigenvalue weighted by Crippen LogP contribution is -2.51. The first-order chi connectivity index (χ1) is 19.6. The fourth-order valence-electron chi connectivity index (χ4n) is 4.95. The minimum Gasteiger partial charge on any atom is -0.390 e. The minimum absolute atomic E-state index is 0.0450. The van der Waals surface area contributed by atoms with Gasteiger partial charge in [0.1, 0.15) is 11.6 Å². The maximum atomic E-state index is 14.1. The highest BCUT2D eigenvalue weighted by atomic mass is 19.1. The van der Waals surface area contributed by atoms with Gasteiger partial charge in [0.15, 0.2) is 0 Å². The SMILES string of the molecule is CCCNC(=O)c1cc(C)cc(C(=O)N(CCC)[C@@H](Cc2cc(F)cc(F)c2)[C@H](O)CNCc2cccc(C)c2)c1. The largest absolute Gasteiger partial charge is 0.390 e. The van der Waals surface area contributed by atoms with Crippen LogP contribution in [-0.2, 0) is 13.0 Å². The molecule has 3 N–H and O–H groups in total. The van der Waals surface area contributed by atoms with Crippen LogP contribution in [0.5, 0.6) is 0 Å². The van der Waals surface area contributed by atoms with Crippen LogP contribution in [0.4, 0.5) is 8.78 Å². The monoisotopic (exact) mass is 565 g/mol. The van der Waals surface area contributed by atoms with E-state index in [1.165, 1.54) is 12.1 Å². The topological polar surface area (TPSA) is 81.7 Å². The second-order valence-corrected chi connectivity index (χ2v) is 10.6. The van der Waals surface area contributed by atoms with E-state index in [9.17, 15) is 23.5 Å². The van der Waals surface area contributed by atoms with Crippen LogP contribution in [-0.4, -0.2) is 53.6 Å². The first kappa shape index (κ1) is 31.9. The Balaban J connectivity index is 1.92. The van der Waals surface area contributed by atoms with Crippen LogP contribution in [0.2, 0.25) is 0 Å². The molecule has 2 amide bonds. The van der Waals surface area contributed by atoms with E-state index in [0.29, 0.717) is 42.7 Å². The summed E-state index contributed by atoms with van der Waals surface area (Å²) >= 11 is 0. The average molecular weight is 566 g/mol. The van der Waals surface area contributed by atoms with Gasteiger partial charge in [-0.1, -0.05) is 43.7 Å². The van der Waals surface area contributed by atoms with Crippen molar-refractivity contribution in [3.8, 4) is 0 Å². The summed E-state index contributed by atoms with van der Waals surface area (Å²) < 4.78 is 28.2. The summed E-state index contributed by atoms with van der Waals surface area (Å²) in [6.45, 7) is 9.19. The van der Waals surface area contributed by atoms with Crippen molar-refractivity contribution in [2.45, 2.75) is 65.6 Å². The standard InChI is InChI=1S/C33H41F2N3O3/c1-5-10-37-32(40)26-13-23(4)14-27(18-26)33(41)38(11-6-2)30(17-25-15-28(34)19-29(35)16-25)31(39)21-36-20-24-9-7-8-22(3)12-24/h7-9,12-16,18-19,30-31,36,39H,5-6,10-11,17,20-21H2,1-4H3,(H,37,40)/t30-,31+/m0/s1. The maximum absolute atomic E-state index is 14.1. The summed E-state index contributed by atoms with van der Waals surface area (Å²) in [6.07, 6.45) is 0.382. The summed E-state index contributed by atoms with van der Waals surface area (Å²) in [7, 11) is 0. The highest BCUT2D eigenvalue weighted by molar-refractivity contribution is 6.00. The molecule has 0 saturated carbocycles. The van der Waals surface area contributed by atoms with Crippen molar-refractivity contribution in [3.05, 3.63) is 106 Å². The van der Waals surface area contributed by atoms with Crippen LogP contribution in [0, 0.1) is 25.5 Å². The number of carbonyl (C=O) groups excluding carboxylic acids is 2. The Bertz CT molecular complexity index is 1310. The molecule has 8 heteroatoms. The number of aliphatic hydroxyl groups is 1. The Morgan fingerprint density at radius 3 is 2.24 bits per heavy atom. The number of rotatable bonds is 14. The molecule has 0 saturated heterocycles. The van der Waals surface area contributed by atoms with Gasteiger partial charge in [-0.05, 0) is 80.1 Å². The van der Waals surface area contributed by atoms with Crippen LogP contribution in [0.15, 0.2) is 60.7 Å². The van der Waals surface area contributed by atoms with Gasteiger partial charge in [0.05, 0.1) is 12.1 Å². The van der Waals surface area contributed by atoms with Crippen LogP contribution in [0.1, 0.15) is 69.7 Å². The molecule has 41 heavy (non-hydrogen) atoms. The second kappa shape index (κ2) is 15.4. The zero-order chi connectivity index (χ0) is 29.9. The van der Waals surface area contributed by atoms with Gasteiger partial charge in [0, 0.05) is 43.4 Å². The van der Waals surface area contributed by atoms with Gasteiger partial charge in [-0.25, -0.2) is 8.78 Å². The predicted octanol–water partition coefficient (Wildman–Crippen LogP) is 5.34. The quantitative estimate of drug-likeness (QED) is 0.247. The molecule has 0 aromatic heterocycles. The lowest BCUT2D eigenvalue weighted by molar-refractivity contribution is 0.0353. The van der Waals surface area contributed by atoms with Crippen LogP contribution >= 0.6 is 0 Å². The Morgan fingerprint density at radius 1 is 0.878 bits per heavy atom. The summed E-state index contributed by atoms with van der Waals surface area (Å²) in [5.41, 5.74) is 3.95. The van der Waals surface area contributed by atoms with Crippen LogP contribution < -0.4 is 10.6 Å². The van der Waals surface area contributed by atoms with Crippen molar-refractivity contribution in [3.63, 3.8) is 0 Å². The van der Waals surface area contributed by atoms with Gasteiger partial charge in [0.2, 0.25) is 0 Å². The molecule has 0 aliphatic heterocycles.